The minimum absolute atomic E-state index is 0.127. The SMILES string of the molecule is CCC(CN(C)S(=O)(=O)C1CC1)N1C(=O)C([C@H](C)C(=O)O)C[C@H](c2cccc(Cl)c2)[C@H]1c1ccc(Cl)cc1. The van der Waals surface area contributed by atoms with Gasteiger partial charge in [0.1, 0.15) is 0 Å². The summed E-state index contributed by atoms with van der Waals surface area (Å²) in [5.41, 5.74) is 1.74. The molecule has 2 aromatic carbocycles. The van der Waals surface area contributed by atoms with Gasteiger partial charge in [-0.2, -0.15) is 0 Å². The number of rotatable bonds is 10. The van der Waals surface area contributed by atoms with Crippen molar-refractivity contribution in [2.45, 2.75) is 62.8 Å². The number of nitrogens with zero attached hydrogens (tertiary/aromatic N) is 2. The summed E-state index contributed by atoms with van der Waals surface area (Å²) in [5, 5.41) is 10.6. The van der Waals surface area contributed by atoms with Crippen LogP contribution < -0.4 is 0 Å². The lowest BCUT2D eigenvalue weighted by Crippen LogP contribution is -2.56. The summed E-state index contributed by atoms with van der Waals surface area (Å²) < 4.78 is 27.4. The molecular formula is C28H34Cl2N2O5S. The molecule has 1 aliphatic carbocycles. The smallest absolute Gasteiger partial charge is 0.307 e. The van der Waals surface area contributed by atoms with Crippen LogP contribution in [0, 0.1) is 11.8 Å². The number of likely N-dealkylation sites (tertiary alicyclic amines) is 1. The van der Waals surface area contributed by atoms with Gasteiger partial charge >= 0.3 is 5.97 Å². The van der Waals surface area contributed by atoms with Gasteiger partial charge in [-0.25, -0.2) is 12.7 Å². The Kier molecular flexibility index (Phi) is 8.77. The van der Waals surface area contributed by atoms with E-state index in [0.29, 0.717) is 35.7 Å². The van der Waals surface area contributed by atoms with Crippen LogP contribution in [0.3, 0.4) is 0 Å². The van der Waals surface area contributed by atoms with Gasteiger partial charge in [0, 0.05) is 35.6 Å². The minimum Gasteiger partial charge on any atom is -0.481 e. The average molecular weight is 582 g/mol. The second-order valence-electron chi connectivity index (χ2n) is 10.5. The Bertz CT molecular complexity index is 1280. The van der Waals surface area contributed by atoms with Gasteiger partial charge < -0.3 is 10.0 Å². The number of hydrogen-bond acceptors (Lipinski definition) is 4. The summed E-state index contributed by atoms with van der Waals surface area (Å²) in [7, 11) is -1.90. The van der Waals surface area contributed by atoms with Gasteiger partial charge in [0.25, 0.3) is 0 Å². The van der Waals surface area contributed by atoms with E-state index in [1.807, 2.05) is 37.3 Å². The van der Waals surface area contributed by atoms with Crippen LogP contribution in [0.5, 0.6) is 0 Å². The third kappa shape index (κ3) is 5.88. The van der Waals surface area contributed by atoms with E-state index >= 15 is 0 Å². The number of carbonyl (C=O) groups is 2. The molecule has 0 spiro atoms. The predicted molar refractivity (Wildman–Crippen MR) is 149 cm³/mol. The number of sulfonamides is 1. The molecule has 206 valence electrons. The molecule has 2 aliphatic rings. The van der Waals surface area contributed by atoms with E-state index in [0.717, 1.165) is 11.1 Å². The fourth-order valence-corrected chi connectivity index (χ4v) is 7.51. The van der Waals surface area contributed by atoms with Crippen LogP contribution in [0.1, 0.15) is 62.6 Å². The van der Waals surface area contributed by atoms with Gasteiger partial charge in [0.2, 0.25) is 15.9 Å². The van der Waals surface area contributed by atoms with Crippen molar-refractivity contribution in [1.29, 1.82) is 0 Å². The quantitative estimate of drug-likeness (QED) is 0.395. The van der Waals surface area contributed by atoms with E-state index in [1.165, 1.54) is 4.31 Å². The van der Waals surface area contributed by atoms with E-state index < -0.39 is 39.9 Å². The van der Waals surface area contributed by atoms with Gasteiger partial charge in [0.05, 0.1) is 23.1 Å². The van der Waals surface area contributed by atoms with Gasteiger partial charge in [-0.15, -0.1) is 0 Å². The number of aliphatic carboxylic acids is 1. The molecular weight excluding hydrogens is 547 g/mol. The highest BCUT2D eigenvalue weighted by molar-refractivity contribution is 7.90. The van der Waals surface area contributed by atoms with E-state index in [1.54, 1.807) is 37.1 Å². The topological polar surface area (TPSA) is 95.0 Å². The summed E-state index contributed by atoms with van der Waals surface area (Å²) in [4.78, 5) is 28.0. The van der Waals surface area contributed by atoms with Crippen LogP contribution in [-0.4, -0.2) is 59.5 Å². The lowest BCUT2D eigenvalue weighted by atomic mass is 9.71. The van der Waals surface area contributed by atoms with Crippen LogP contribution in [0.4, 0.5) is 0 Å². The average Bonchev–Trinajstić information content (AvgIpc) is 3.73. The van der Waals surface area contributed by atoms with Crippen molar-refractivity contribution in [1.82, 2.24) is 9.21 Å². The standard InChI is InChI=1S/C28H34Cl2N2O5S/c1-4-22(16-31(3)38(36,37)23-12-13-23)32-26(18-8-10-20(29)11-9-18)25(19-6-5-7-21(30)14-19)15-24(27(32)33)17(2)28(34)35/h5-11,14,17,22-26H,4,12-13,15-16H2,1-3H3,(H,34,35)/t17-,22?,24?,25+,26+/m0/s1. The van der Waals surface area contributed by atoms with Gasteiger partial charge in [-0.1, -0.05) is 61.3 Å². The Hall–Kier alpha value is -2.13. The maximum absolute atomic E-state index is 14.2. The zero-order valence-electron chi connectivity index (χ0n) is 21.8. The third-order valence-corrected chi connectivity index (χ3v) is 10.8. The lowest BCUT2D eigenvalue weighted by molar-refractivity contribution is -0.157. The molecule has 2 fully saturated rings. The first-order valence-corrected chi connectivity index (χ1v) is 15.2. The number of benzene rings is 2. The summed E-state index contributed by atoms with van der Waals surface area (Å²) >= 11 is 12.6. The third-order valence-electron chi connectivity index (χ3n) is 7.95. The molecule has 2 aromatic rings. The Morgan fingerprint density at radius 3 is 2.32 bits per heavy atom. The second kappa shape index (κ2) is 11.5. The number of piperidine rings is 1. The van der Waals surface area contributed by atoms with Crippen LogP contribution in [0.15, 0.2) is 48.5 Å². The highest BCUT2D eigenvalue weighted by Gasteiger charge is 2.49. The van der Waals surface area contributed by atoms with E-state index in [2.05, 4.69) is 0 Å². The van der Waals surface area contributed by atoms with Crippen molar-refractivity contribution in [3.8, 4) is 0 Å². The molecule has 7 nitrogen and oxygen atoms in total. The van der Waals surface area contributed by atoms with Gasteiger partial charge in [-0.05, 0) is 61.1 Å². The first-order chi connectivity index (χ1) is 17.9. The minimum atomic E-state index is -3.46. The fourth-order valence-electron chi connectivity index (χ4n) is 5.57. The molecule has 1 N–H and O–H groups in total. The normalized spacial score (nSPS) is 23.9. The molecule has 5 atom stereocenters. The highest BCUT2D eigenvalue weighted by Crippen LogP contribution is 2.48. The van der Waals surface area contributed by atoms with Crippen LogP contribution in [0.2, 0.25) is 10.0 Å². The maximum Gasteiger partial charge on any atom is 0.307 e. The van der Waals surface area contributed by atoms with Crippen molar-refractivity contribution in [3.05, 3.63) is 69.7 Å². The highest BCUT2D eigenvalue weighted by atomic mass is 35.5. The maximum atomic E-state index is 14.2. The van der Waals surface area contributed by atoms with E-state index in [4.69, 9.17) is 23.2 Å². The van der Waals surface area contributed by atoms with E-state index in [9.17, 15) is 23.1 Å². The number of carbonyl (C=O) groups excluding carboxylic acids is 1. The Labute approximate surface area is 234 Å². The summed E-state index contributed by atoms with van der Waals surface area (Å²) in [5.74, 6) is -3.27. The number of carboxylic acid groups (broad SMARTS) is 1. The van der Waals surface area contributed by atoms with Crippen molar-refractivity contribution in [2.24, 2.45) is 11.8 Å². The Balaban J connectivity index is 1.84. The lowest BCUT2D eigenvalue weighted by Gasteiger charge is -2.49. The summed E-state index contributed by atoms with van der Waals surface area (Å²) in [6, 6.07) is 13.8. The Morgan fingerprint density at radius 1 is 1.11 bits per heavy atom. The molecule has 0 bridgehead atoms. The molecule has 1 heterocycles. The largest absolute Gasteiger partial charge is 0.481 e. The monoisotopic (exact) mass is 580 g/mol. The zero-order valence-corrected chi connectivity index (χ0v) is 24.1. The van der Waals surface area contributed by atoms with Crippen molar-refractivity contribution in [2.75, 3.05) is 13.6 Å². The van der Waals surface area contributed by atoms with Gasteiger partial charge in [-0.3, -0.25) is 9.59 Å². The molecule has 1 saturated carbocycles. The molecule has 4 rings (SSSR count). The number of carboxylic acids is 1. The number of amides is 1. The van der Waals surface area contributed by atoms with Crippen LogP contribution in [0.25, 0.3) is 0 Å². The summed E-state index contributed by atoms with van der Waals surface area (Å²) in [6.45, 7) is 3.61. The number of hydrogen-bond donors (Lipinski definition) is 1. The molecule has 0 radical (unpaired) electrons. The Morgan fingerprint density at radius 2 is 1.76 bits per heavy atom. The van der Waals surface area contributed by atoms with Crippen molar-refractivity contribution >= 4 is 45.1 Å². The van der Waals surface area contributed by atoms with Gasteiger partial charge in [0.15, 0.2) is 0 Å². The first kappa shape index (κ1) is 28.9. The first-order valence-electron chi connectivity index (χ1n) is 13.0. The number of likely N-dealkylation sites (N-methyl/N-ethyl adjacent to an activating group) is 1. The van der Waals surface area contributed by atoms with Crippen LogP contribution >= 0.6 is 23.2 Å². The number of halogens is 2. The van der Waals surface area contributed by atoms with Crippen molar-refractivity contribution in [3.63, 3.8) is 0 Å². The molecule has 1 aliphatic heterocycles. The summed E-state index contributed by atoms with van der Waals surface area (Å²) in [6.07, 6.45) is 2.11. The molecule has 1 saturated heterocycles. The zero-order chi connectivity index (χ0) is 27.8. The molecule has 2 unspecified atom stereocenters. The van der Waals surface area contributed by atoms with Crippen LogP contribution in [-0.2, 0) is 19.6 Å². The van der Waals surface area contributed by atoms with E-state index in [-0.39, 0.29) is 23.6 Å². The van der Waals surface area contributed by atoms with Crippen molar-refractivity contribution < 1.29 is 23.1 Å². The molecule has 0 aromatic heterocycles. The molecule has 1 amide bonds. The fraction of sp³-hybridized carbons (Fsp3) is 0.500. The molecule has 10 heteroatoms. The second-order valence-corrected chi connectivity index (χ2v) is 13.7. The predicted octanol–water partition coefficient (Wildman–Crippen LogP) is 5.59. The molecule has 38 heavy (non-hydrogen) atoms.